The van der Waals surface area contributed by atoms with Crippen molar-refractivity contribution in [1.29, 1.82) is 0 Å². The molecule has 0 aliphatic carbocycles. The number of hydrogen-bond acceptors (Lipinski definition) is 2. The first-order chi connectivity index (χ1) is 5.67. The van der Waals surface area contributed by atoms with Gasteiger partial charge in [0.05, 0.1) is 0 Å². The van der Waals surface area contributed by atoms with Crippen LogP contribution in [0.25, 0.3) is 0 Å². The Morgan fingerprint density at radius 3 is 2.50 bits per heavy atom. The lowest BCUT2D eigenvalue weighted by atomic mass is 9.84. The minimum absolute atomic E-state index is 0.277. The molecule has 0 aromatic carbocycles. The summed E-state index contributed by atoms with van der Waals surface area (Å²) in [4.78, 5) is 0. The summed E-state index contributed by atoms with van der Waals surface area (Å²) in [5, 5.41) is 9.91. The van der Waals surface area contributed by atoms with Crippen molar-refractivity contribution >= 4 is 0 Å². The number of hydrogen-bond donors (Lipinski definition) is 1. The Balaban J connectivity index is 2.57. The van der Waals surface area contributed by atoms with Crippen LogP contribution in [0.1, 0.15) is 26.7 Å². The fraction of sp³-hybridized carbons (Fsp3) is 0.800. The third-order valence-corrected chi connectivity index (χ3v) is 2.39. The van der Waals surface area contributed by atoms with Crippen molar-refractivity contribution in [3.63, 3.8) is 0 Å². The van der Waals surface area contributed by atoms with E-state index in [1.165, 1.54) is 0 Å². The summed E-state index contributed by atoms with van der Waals surface area (Å²) >= 11 is 0. The maximum absolute atomic E-state index is 9.91. The van der Waals surface area contributed by atoms with Crippen molar-refractivity contribution in [3.05, 3.63) is 0 Å². The quantitative estimate of drug-likeness (QED) is 0.596. The Labute approximate surface area is 73.9 Å². The lowest BCUT2D eigenvalue weighted by Crippen LogP contribution is -2.36. The molecule has 1 fully saturated rings. The average Bonchev–Trinajstić information content (AvgIpc) is 2.06. The van der Waals surface area contributed by atoms with Gasteiger partial charge in [0.2, 0.25) is 0 Å². The number of aliphatic hydroxyl groups is 1. The van der Waals surface area contributed by atoms with Crippen LogP contribution in [0.5, 0.6) is 0 Å². The first-order valence-corrected chi connectivity index (χ1v) is 4.41. The molecule has 0 aromatic heterocycles. The van der Waals surface area contributed by atoms with E-state index in [0.29, 0.717) is 0 Å². The zero-order valence-corrected chi connectivity index (χ0v) is 7.76. The smallest absolute Gasteiger partial charge is 0.125 e. The van der Waals surface area contributed by atoms with Gasteiger partial charge in [0.1, 0.15) is 5.60 Å². The normalized spacial score (nSPS) is 23.9. The minimum atomic E-state index is -0.821. The fourth-order valence-electron chi connectivity index (χ4n) is 1.61. The molecule has 0 saturated carbocycles. The van der Waals surface area contributed by atoms with Crippen LogP contribution in [-0.4, -0.2) is 23.9 Å². The van der Waals surface area contributed by atoms with Gasteiger partial charge in [0.15, 0.2) is 0 Å². The van der Waals surface area contributed by atoms with Gasteiger partial charge in [-0.1, -0.05) is 5.92 Å². The molecule has 1 saturated heterocycles. The zero-order chi connectivity index (χ0) is 9.03. The summed E-state index contributed by atoms with van der Waals surface area (Å²) in [6, 6.07) is 0. The lowest BCUT2D eigenvalue weighted by Gasteiger charge is -2.31. The molecule has 1 rings (SSSR count). The predicted octanol–water partition coefficient (Wildman–Crippen LogP) is 1.19. The molecule has 1 heterocycles. The van der Waals surface area contributed by atoms with E-state index in [-0.39, 0.29) is 5.92 Å². The Kier molecular flexibility index (Phi) is 3.13. The Morgan fingerprint density at radius 1 is 1.42 bits per heavy atom. The first kappa shape index (κ1) is 9.57. The van der Waals surface area contributed by atoms with E-state index in [4.69, 9.17) is 4.74 Å². The molecule has 1 N–H and O–H groups in total. The highest BCUT2D eigenvalue weighted by atomic mass is 16.5. The Morgan fingerprint density at radius 2 is 2.00 bits per heavy atom. The molecule has 1 unspecified atom stereocenters. The van der Waals surface area contributed by atoms with E-state index in [2.05, 4.69) is 11.8 Å². The van der Waals surface area contributed by atoms with E-state index >= 15 is 0 Å². The van der Waals surface area contributed by atoms with Crippen LogP contribution in [0.4, 0.5) is 0 Å². The van der Waals surface area contributed by atoms with Crippen molar-refractivity contribution in [3.8, 4) is 11.8 Å². The van der Waals surface area contributed by atoms with E-state index in [0.717, 1.165) is 26.1 Å². The van der Waals surface area contributed by atoms with Gasteiger partial charge in [0, 0.05) is 19.1 Å². The zero-order valence-electron chi connectivity index (χ0n) is 7.76. The van der Waals surface area contributed by atoms with Crippen LogP contribution in [-0.2, 0) is 4.74 Å². The van der Waals surface area contributed by atoms with Crippen LogP contribution in [0.3, 0.4) is 0 Å². The molecule has 0 radical (unpaired) electrons. The minimum Gasteiger partial charge on any atom is -0.381 e. The second-order valence-electron chi connectivity index (χ2n) is 3.41. The summed E-state index contributed by atoms with van der Waals surface area (Å²) in [5.41, 5.74) is -0.821. The van der Waals surface area contributed by atoms with Gasteiger partial charge in [0.25, 0.3) is 0 Å². The molecule has 1 atom stereocenters. The van der Waals surface area contributed by atoms with Gasteiger partial charge < -0.3 is 9.84 Å². The maximum atomic E-state index is 9.91. The molecule has 0 bridgehead atoms. The highest BCUT2D eigenvalue weighted by molar-refractivity contribution is 5.12. The van der Waals surface area contributed by atoms with Crippen molar-refractivity contribution in [2.45, 2.75) is 32.3 Å². The second kappa shape index (κ2) is 3.93. The lowest BCUT2D eigenvalue weighted by molar-refractivity contribution is -0.0185. The topological polar surface area (TPSA) is 29.5 Å². The van der Waals surface area contributed by atoms with E-state index in [9.17, 15) is 5.11 Å². The monoisotopic (exact) mass is 168 g/mol. The molecule has 2 nitrogen and oxygen atoms in total. The third-order valence-electron chi connectivity index (χ3n) is 2.39. The van der Waals surface area contributed by atoms with Crippen molar-refractivity contribution in [1.82, 2.24) is 0 Å². The summed E-state index contributed by atoms with van der Waals surface area (Å²) in [7, 11) is 0. The van der Waals surface area contributed by atoms with Crippen LogP contribution in [0.2, 0.25) is 0 Å². The molecule has 1 aliphatic rings. The highest BCUT2D eigenvalue weighted by Crippen LogP contribution is 2.26. The van der Waals surface area contributed by atoms with Crippen LogP contribution in [0.15, 0.2) is 0 Å². The molecule has 0 spiro atoms. The summed E-state index contributed by atoms with van der Waals surface area (Å²) < 4.78 is 5.21. The van der Waals surface area contributed by atoms with E-state index in [1.807, 2.05) is 0 Å². The van der Waals surface area contributed by atoms with Crippen LogP contribution >= 0.6 is 0 Å². The molecule has 2 heteroatoms. The molecular weight excluding hydrogens is 152 g/mol. The average molecular weight is 168 g/mol. The number of ether oxygens (including phenoxy) is 1. The van der Waals surface area contributed by atoms with Crippen molar-refractivity contribution in [2.24, 2.45) is 5.92 Å². The van der Waals surface area contributed by atoms with Gasteiger partial charge in [-0.15, -0.1) is 5.92 Å². The van der Waals surface area contributed by atoms with Crippen LogP contribution < -0.4 is 0 Å². The SMILES string of the molecule is CC#CC(C)(O)C1CCOCC1. The van der Waals surface area contributed by atoms with E-state index < -0.39 is 5.60 Å². The van der Waals surface area contributed by atoms with Gasteiger partial charge in [-0.25, -0.2) is 0 Å². The van der Waals surface area contributed by atoms with Crippen LogP contribution in [0, 0.1) is 17.8 Å². The Hall–Kier alpha value is -0.520. The molecule has 12 heavy (non-hydrogen) atoms. The summed E-state index contributed by atoms with van der Waals surface area (Å²) in [5.74, 6) is 5.88. The number of rotatable bonds is 1. The molecule has 0 aromatic rings. The molecule has 68 valence electrons. The highest BCUT2D eigenvalue weighted by Gasteiger charge is 2.31. The first-order valence-electron chi connectivity index (χ1n) is 4.41. The van der Waals surface area contributed by atoms with Gasteiger partial charge in [-0.05, 0) is 26.7 Å². The largest absolute Gasteiger partial charge is 0.381 e. The maximum Gasteiger partial charge on any atom is 0.125 e. The molecular formula is C10H16O2. The standard InChI is InChI=1S/C10H16O2/c1-3-6-10(2,11)9-4-7-12-8-5-9/h9,11H,4-5,7-8H2,1-2H3. The molecule has 1 aliphatic heterocycles. The van der Waals surface area contributed by atoms with Crippen molar-refractivity contribution in [2.75, 3.05) is 13.2 Å². The summed E-state index contributed by atoms with van der Waals surface area (Å²) in [6.07, 6.45) is 1.84. The predicted molar refractivity (Wildman–Crippen MR) is 47.6 cm³/mol. The fourth-order valence-corrected chi connectivity index (χ4v) is 1.61. The van der Waals surface area contributed by atoms with Gasteiger partial charge in [-0.2, -0.15) is 0 Å². The Bertz CT molecular complexity index is 192. The second-order valence-corrected chi connectivity index (χ2v) is 3.41. The van der Waals surface area contributed by atoms with E-state index in [1.54, 1.807) is 13.8 Å². The van der Waals surface area contributed by atoms with Crippen molar-refractivity contribution < 1.29 is 9.84 Å². The van der Waals surface area contributed by atoms with Gasteiger partial charge in [-0.3, -0.25) is 0 Å². The molecule has 0 amide bonds. The third kappa shape index (κ3) is 2.23. The van der Waals surface area contributed by atoms with Gasteiger partial charge >= 0.3 is 0 Å². The summed E-state index contributed by atoms with van der Waals surface area (Å²) in [6.45, 7) is 5.06.